The highest BCUT2D eigenvalue weighted by Crippen LogP contribution is 2.16. The van der Waals surface area contributed by atoms with Gasteiger partial charge in [0.2, 0.25) is 0 Å². The van der Waals surface area contributed by atoms with E-state index in [-0.39, 0.29) is 12.5 Å². The van der Waals surface area contributed by atoms with E-state index in [4.69, 9.17) is 9.47 Å². The summed E-state index contributed by atoms with van der Waals surface area (Å²) in [6.07, 6.45) is 2.22. The molecule has 0 fully saturated rings. The zero-order chi connectivity index (χ0) is 25.6. The van der Waals surface area contributed by atoms with E-state index in [1.165, 1.54) is 6.21 Å². The lowest BCUT2D eigenvalue weighted by Gasteiger charge is -2.09. The van der Waals surface area contributed by atoms with Crippen LogP contribution in [0.5, 0.6) is 11.5 Å². The largest absolute Gasteiger partial charge is 0.494 e. The van der Waals surface area contributed by atoms with Gasteiger partial charge in [-0.15, -0.1) is 0 Å². The Kier molecular flexibility index (Phi) is 10.0. The van der Waals surface area contributed by atoms with E-state index >= 15 is 0 Å². The van der Waals surface area contributed by atoms with Crippen molar-refractivity contribution in [3.8, 4) is 11.5 Å². The van der Waals surface area contributed by atoms with Crippen LogP contribution in [-0.4, -0.2) is 37.1 Å². The van der Waals surface area contributed by atoms with Crippen LogP contribution in [0.1, 0.15) is 24.5 Å². The Balaban J connectivity index is 1.46. The first-order valence-corrected chi connectivity index (χ1v) is 11.4. The number of carbonyl (C=O) groups excluding carboxylic acids is 3. The Morgan fingerprint density at radius 2 is 1.58 bits per heavy atom. The minimum Gasteiger partial charge on any atom is -0.494 e. The molecule has 0 heterocycles. The van der Waals surface area contributed by atoms with Crippen molar-refractivity contribution in [3.05, 3.63) is 90.0 Å². The van der Waals surface area contributed by atoms with E-state index in [2.05, 4.69) is 21.2 Å². The number of hydrogen-bond acceptors (Lipinski definition) is 6. The van der Waals surface area contributed by atoms with Gasteiger partial charge < -0.3 is 20.1 Å². The molecule has 0 spiro atoms. The molecule has 186 valence electrons. The summed E-state index contributed by atoms with van der Waals surface area (Å²) in [5.41, 5.74) is 4.14. The van der Waals surface area contributed by atoms with Crippen LogP contribution in [-0.2, 0) is 20.9 Å². The van der Waals surface area contributed by atoms with Crippen LogP contribution in [0.15, 0.2) is 84.0 Å². The van der Waals surface area contributed by atoms with Gasteiger partial charge in [0.15, 0.2) is 6.61 Å². The third-order valence-corrected chi connectivity index (χ3v) is 4.77. The molecule has 0 aliphatic heterocycles. The molecule has 9 heteroatoms. The standard InChI is InChI=1S/C27H28N4O5/c1-2-16-35-23-14-12-22(13-15-23)30-26(33)27(34)31-29-18-21-10-6-7-11-24(21)36-19-25(32)28-17-20-8-4-3-5-9-20/h3-15,18H,2,16-17,19H2,1H3,(H,28,32)(H,30,33)(H,31,34)/b29-18-. The van der Waals surface area contributed by atoms with Gasteiger partial charge in [0.05, 0.1) is 12.8 Å². The second kappa shape index (κ2) is 13.9. The number of para-hydroxylation sites is 1. The average molecular weight is 489 g/mol. The first-order valence-electron chi connectivity index (χ1n) is 11.4. The SMILES string of the molecule is CCCOc1ccc(NC(=O)C(=O)N/N=C\c2ccccc2OCC(=O)NCc2ccccc2)cc1. The number of nitrogens with zero attached hydrogens (tertiary/aromatic N) is 1. The molecule has 3 N–H and O–H groups in total. The van der Waals surface area contributed by atoms with Gasteiger partial charge in [-0.2, -0.15) is 5.10 Å². The van der Waals surface area contributed by atoms with Crippen molar-refractivity contribution in [2.75, 3.05) is 18.5 Å². The third kappa shape index (κ3) is 8.60. The summed E-state index contributed by atoms with van der Waals surface area (Å²) in [5, 5.41) is 9.11. The van der Waals surface area contributed by atoms with Gasteiger partial charge >= 0.3 is 11.8 Å². The quantitative estimate of drug-likeness (QED) is 0.218. The lowest BCUT2D eigenvalue weighted by Crippen LogP contribution is -2.32. The fourth-order valence-corrected chi connectivity index (χ4v) is 2.96. The number of rotatable bonds is 11. The van der Waals surface area contributed by atoms with Crippen molar-refractivity contribution >= 4 is 29.6 Å². The van der Waals surface area contributed by atoms with E-state index in [1.54, 1.807) is 48.5 Å². The maximum Gasteiger partial charge on any atom is 0.329 e. The molecular weight excluding hydrogens is 460 g/mol. The van der Waals surface area contributed by atoms with Gasteiger partial charge in [-0.25, -0.2) is 5.43 Å². The molecule has 0 aliphatic carbocycles. The predicted molar refractivity (Wildman–Crippen MR) is 137 cm³/mol. The lowest BCUT2D eigenvalue weighted by atomic mass is 10.2. The summed E-state index contributed by atoms with van der Waals surface area (Å²) in [7, 11) is 0. The summed E-state index contributed by atoms with van der Waals surface area (Å²) in [6, 6.07) is 23.1. The number of benzene rings is 3. The highest BCUT2D eigenvalue weighted by molar-refractivity contribution is 6.39. The highest BCUT2D eigenvalue weighted by atomic mass is 16.5. The fraction of sp³-hybridized carbons (Fsp3) is 0.185. The zero-order valence-corrected chi connectivity index (χ0v) is 19.9. The molecule has 3 rings (SSSR count). The fourth-order valence-electron chi connectivity index (χ4n) is 2.96. The van der Waals surface area contributed by atoms with Gasteiger partial charge in [0.1, 0.15) is 11.5 Å². The Labute approximate surface area is 209 Å². The second-order valence-corrected chi connectivity index (χ2v) is 7.61. The van der Waals surface area contributed by atoms with E-state index in [0.29, 0.717) is 35.9 Å². The Bertz CT molecular complexity index is 1180. The molecule has 3 amide bonds. The molecule has 3 aromatic carbocycles. The van der Waals surface area contributed by atoms with Crippen molar-refractivity contribution in [2.24, 2.45) is 5.10 Å². The Morgan fingerprint density at radius 3 is 2.33 bits per heavy atom. The summed E-state index contributed by atoms with van der Waals surface area (Å²) in [5.74, 6) is -0.996. The molecule has 9 nitrogen and oxygen atoms in total. The van der Waals surface area contributed by atoms with Crippen LogP contribution in [0.2, 0.25) is 0 Å². The highest BCUT2D eigenvalue weighted by Gasteiger charge is 2.13. The van der Waals surface area contributed by atoms with Gasteiger partial charge in [0, 0.05) is 17.8 Å². The lowest BCUT2D eigenvalue weighted by molar-refractivity contribution is -0.136. The van der Waals surface area contributed by atoms with Crippen molar-refractivity contribution in [2.45, 2.75) is 19.9 Å². The summed E-state index contributed by atoms with van der Waals surface area (Å²) in [6.45, 7) is 2.82. The predicted octanol–water partition coefficient (Wildman–Crippen LogP) is 3.26. The third-order valence-electron chi connectivity index (χ3n) is 4.77. The van der Waals surface area contributed by atoms with Crippen LogP contribution in [0, 0.1) is 0 Å². The van der Waals surface area contributed by atoms with Gasteiger partial charge in [0.25, 0.3) is 5.91 Å². The molecule has 0 atom stereocenters. The van der Waals surface area contributed by atoms with Crippen LogP contribution < -0.4 is 25.5 Å². The van der Waals surface area contributed by atoms with E-state index in [1.807, 2.05) is 37.3 Å². The van der Waals surface area contributed by atoms with Crippen LogP contribution in [0.25, 0.3) is 0 Å². The van der Waals surface area contributed by atoms with E-state index < -0.39 is 11.8 Å². The number of hydrogen-bond donors (Lipinski definition) is 3. The van der Waals surface area contributed by atoms with E-state index in [9.17, 15) is 14.4 Å². The summed E-state index contributed by atoms with van der Waals surface area (Å²) in [4.78, 5) is 36.3. The van der Waals surface area contributed by atoms with Crippen LogP contribution in [0.4, 0.5) is 5.69 Å². The van der Waals surface area contributed by atoms with Crippen LogP contribution in [0.3, 0.4) is 0 Å². The molecule has 0 aromatic heterocycles. The maximum atomic E-state index is 12.1. The molecule has 36 heavy (non-hydrogen) atoms. The topological polar surface area (TPSA) is 118 Å². The molecule has 0 bridgehead atoms. The molecule has 3 aromatic rings. The number of carbonyl (C=O) groups is 3. The number of anilines is 1. The van der Waals surface area contributed by atoms with Crippen molar-refractivity contribution in [1.29, 1.82) is 0 Å². The number of ether oxygens (including phenoxy) is 2. The number of hydrazone groups is 1. The average Bonchev–Trinajstić information content (AvgIpc) is 2.91. The monoisotopic (exact) mass is 488 g/mol. The van der Waals surface area contributed by atoms with Gasteiger partial charge in [-0.3, -0.25) is 14.4 Å². The second-order valence-electron chi connectivity index (χ2n) is 7.61. The summed E-state index contributed by atoms with van der Waals surface area (Å²) >= 11 is 0. The first-order chi connectivity index (χ1) is 17.5. The normalized spacial score (nSPS) is 10.5. The zero-order valence-electron chi connectivity index (χ0n) is 19.9. The Hall–Kier alpha value is -4.66. The first kappa shape index (κ1) is 26.0. The smallest absolute Gasteiger partial charge is 0.329 e. The molecule has 0 saturated carbocycles. The summed E-state index contributed by atoms with van der Waals surface area (Å²) < 4.78 is 11.1. The van der Waals surface area contributed by atoms with E-state index in [0.717, 1.165) is 12.0 Å². The van der Waals surface area contributed by atoms with Crippen LogP contribution >= 0.6 is 0 Å². The van der Waals surface area contributed by atoms with Gasteiger partial charge in [-0.1, -0.05) is 49.4 Å². The minimum absolute atomic E-state index is 0.186. The molecule has 0 saturated heterocycles. The number of amides is 3. The minimum atomic E-state index is -0.934. The van der Waals surface area contributed by atoms with Crippen molar-refractivity contribution in [3.63, 3.8) is 0 Å². The molecule has 0 unspecified atom stereocenters. The molecular formula is C27H28N4O5. The number of nitrogens with one attached hydrogen (secondary N) is 3. The van der Waals surface area contributed by atoms with Gasteiger partial charge in [-0.05, 0) is 48.4 Å². The molecule has 0 aliphatic rings. The maximum absolute atomic E-state index is 12.1. The Morgan fingerprint density at radius 1 is 0.861 bits per heavy atom. The van der Waals surface area contributed by atoms with Crippen molar-refractivity contribution in [1.82, 2.24) is 10.7 Å². The molecule has 0 radical (unpaired) electrons. The van der Waals surface area contributed by atoms with Crippen molar-refractivity contribution < 1.29 is 23.9 Å².